The fraction of sp³-hybridized carbons (Fsp3) is 0.240. The summed E-state index contributed by atoms with van der Waals surface area (Å²) in [5.74, 6) is 3.13. The molecule has 3 aromatic rings. The van der Waals surface area contributed by atoms with Crippen LogP contribution in [0.4, 0.5) is 5.69 Å². The number of hydrogen-bond acceptors (Lipinski definition) is 4. The molecule has 0 atom stereocenters. The molecule has 3 aromatic carbocycles. The molecule has 1 aliphatic rings. The predicted octanol–water partition coefficient (Wildman–Crippen LogP) is 5.07. The van der Waals surface area contributed by atoms with Crippen molar-refractivity contribution in [1.82, 2.24) is 4.90 Å². The number of amides is 1. The number of thioether (sulfide) groups is 1. The van der Waals surface area contributed by atoms with Gasteiger partial charge in [-0.25, -0.2) is 0 Å². The molecule has 1 fully saturated rings. The van der Waals surface area contributed by atoms with Crippen LogP contribution in [0.15, 0.2) is 78.9 Å². The van der Waals surface area contributed by atoms with E-state index in [4.69, 9.17) is 4.74 Å². The number of anilines is 1. The van der Waals surface area contributed by atoms with Crippen molar-refractivity contribution in [3.8, 4) is 5.75 Å². The molecular formula is C25H26N2O2S. The molecule has 0 aromatic heterocycles. The van der Waals surface area contributed by atoms with Gasteiger partial charge in [0.1, 0.15) is 12.4 Å². The minimum absolute atomic E-state index is 0.1000. The topological polar surface area (TPSA) is 41.6 Å². The van der Waals surface area contributed by atoms with E-state index in [2.05, 4.69) is 22.3 Å². The predicted molar refractivity (Wildman–Crippen MR) is 124 cm³/mol. The molecule has 1 amide bonds. The van der Waals surface area contributed by atoms with Gasteiger partial charge < -0.3 is 10.1 Å². The highest BCUT2D eigenvalue weighted by Gasteiger charge is 2.12. The van der Waals surface area contributed by atoms with Gasteiger partial charge in [0.2, 0.25) is 0 Å². The number of hydrogen-bond donors (Lipinski definition) is 1. The van der Waals surface area contributed by atoms with Crippen molar-refractivity contribution in [2.45, 2.75) is 13.2 Å². The summed E-state index contributed by atoms with van der Waals surface area (Å²) in [6, 6.07) is 25.4. The first kappa shape index (κ1) is 20.5. The normalized spacial score (nSPS) is 14.3. The second-order valence-corrected chi connectivity index (χ2v) is 8.57. The van der Waals surface area contributed by atoms with Gasteiger partial charge in [-0.2, -0.15) is 11.8 Å². The summed E-state index contributed by atoms with van der Waals surface area (Å²) in [5.41, 5.74) is 3.72. The molecular weight excluding hydrogens is 392 g/mol. The Morgan fingerprint density at radius 3 is 2.43 bits per heavy atom. The van der Waals surface area contributed by atoms with Gasteiger partial charge in [0.15, 0.2) is 0 Å². The van der Waals surface area contributed by atoms with Gasteiger partial charge in [0, 0.05) is 42.4 Å². The number of nitrogens with zero attached hydrogens (tertiary/aromatic N) is 1. The van der Waals surface area contributed by atoms with E-state index in [1.807, 2.05) is 78.5 Å². The minimum atomic E-state index is -0.1000. The molecule has 0 bridgehead atoms. The van der Waals surface area contributed by atoms with Crippen molar-refractivity contribution in [2.75, 3.05) is 29.9 Å². The van der Waals surface area contributed by atoms with Crippen molar-refractivity contribution in [1.29, 1.82) is 0 Å². The largest absolute Gasteiger partial charge is 0.489 e. The van der Waals surface area contributed by atoms with Crippen molar-refractivity contribution < 1.29 is 9.53 Å². The van der Waals surface area contributed by atoms with Crippen molar-refractivity contribution in [3.63, 3.8) is 0 Å². The Labute approximate surface area is 182 Å². The van der Waals surface area contributed by atoms with Gasteiger partial charge in [-0.1, -0.05) is 42.5 Å². The zero-order chi connectivity index (χ0) is 20.6. The number of benzene rings is 3. The SMILES string of the molecule is O=C(Nc1cccc(CN2CCSCC2)c1)c1ccc(COc2ccccc2)cc1. The van der Waals surface area contributed by atoms with Crippen molar-refractivity contribution in [2.24, 2.45) is 0 Å². The van der Waals surface area contributed by atoms with Crippen LogP contribution >= 0.6 is 11.8 Å². The third kappa shape index (κ3) is 5.88. The molecule has 5 heteroatoms. The average molecular weight is 419 g/mol. The lowest BCUT2D eigenvalue weighted by Gasteiger charge is -2.26. The van der Waals surface area contributed by atoms with Crippen molar-refractivity contribution >= 4 is 23.4 Å². The van der Waals surface area contributed by atoms with Crippen LogP contribution in [0.3, 0.4) is 0 Å². The number of rotatable bonds is 7. The lowest BCUT2D eigenvalue weighted by Crippen LogP contribution is -2.31. The summed E-state index contributed by atoms with van der Waals surface area (Å²) in [5, 5.41) is 3.02. The second-order valence-electron chi connectivity index (χ2n) is 7.34. The molecule has 0 saturated carbocycles. The fourth-order valence-electron chi connectivity index (χ4n) is 3.40. The Morgan fingerprint density at radius 1 is 0.900 bits per heavy atom. The number of ether oxygens (including phenoxy) is 1. The first-order chi connectivity index (χ1) is 14.8. The summed E-state index contributed by atoms with van der Waals surface area (Å²) >= 11 is 2.01. The Bertz CT molecular complexity index is 954. The minimum Gasteiger partial charge on any atom is -0.489 e. The van der Waals surface area contributed by atoms with E-state index >= 15 is 0 Å². The molecule has 4 nitrogen and oxygen atoms in total. The van der Waals surface area contributed by atoms with Crippen LogP contribution in [0.1, 0.15) is 21.5 Å². The summed E-state index contributed by atoms with van der Waals surface area (Å²) in [4.78, 5) is 15.1. The van der Waals surface area contributed by atoms with E-state index in [-0.39, 0.29) is 5.91 Å². The highest BCUT2D eigenvalue weighted by atomic mass is 32.2. The lowest BCUT2D eigenvalue weighted by molar-refractivity contribution is 0.102. The molecule has 0 radical (unpaired) electrons. The number of para-hydroxylation sites is 1. The monoisotopic (exact) mass is 418 g/mol. The maximum Gasteiger partial charge on any atom is 0.255 e. The van der Waals surface area contributed by atoms with Crippen LogP contribution in [0.5, 0.6) is 5.75 Å². The molecule has 0 unspecified atom stereocenters. The van der Waals surface area contributed by atoms with Gasteiger partial charge in [-0.3, -0.25) is 9.69 Å². The van der Waals surface area contributed by atoms with Crippen LogP contribution < -0.4 is 10.1 Å². The first-order valence-electron chi connectivity index (χ1n) is 10.2. The van der Waals surface area contributed by atoms with Crippen LogP contribution in [0.2, 0.25) is 0 Å². The van der Waals surface area contributed by atoms with Crippen LogP contribution in [-0.4, -0.2) is 35.4 Å². The Hall–Kier alpha value is -2.76. The van der Waals surface area contributed by atoms with E-state index in [1.165, 1.54) is 17.1 Å². The number of nitrogens with one attached hydrogen (secondary N) is 1. The summed E-state index contributed by atoms with van der Waals surface area (Å²) in [7, 11) is 0. The highest BCUT2D eigenvalue weighted by molar-refractivity contribution is 7.99. The van der Waals surface area contributed by atoms with Gasteiger partial charge in [-0.15, -0.1) is 0 Å². The average Bonchev–Trinajstić information content (AvgIpc) is 2.80. The Balaban J connectivity index is 1.32. The molecule has 0 spiro atoms. The Kier molecular flexibility index (Phi) is 7.06. The maximum absolute atomic E-state index is 12.7. The molecule has 154 valence electrons. The third-order valence-electron chi connectivity index (χ3n) is 5.06. The zero-order valence-electron chi connectivity index (χ0n) is 16.9. The summed E-state index contributed by atoms with van der Waals surface area (Å²) < 4.78 is 5.76. The molecule has 1 saturated heterocycles. The molecule has 1 heterocycles. The standard InChI is InChI=1S/C25H26N2O2S/c28-25(22-11-9-20(10-12-22)19-29-24-7-2-1-3-8-24)26-23-6-4-5-21(17-23)18-27-13-15-30-16-14-27/h1-12,17H,13-16,18-19H2,(H,26,28). The molecule has 1 aliphatic heterocycles. The van der Waals surface area contributed by atoms with Crippen LogP contribution in [0, 0.1) is 0 Å². The van der Waals surface area contributed by atoms with E-state index in [1.54, 1.807) is 0 Å². The van der Waals surface area contributed by atoms with Gasteiger partial charge in [0.25, 0.3) is 5.91 Å². The number of carbonyl (C=O) groups excluding carboxylic acids is 1. The second kappa shape index (κ2) is 10.3. The fourth-order valence-corrected chi connectivity index (χ4v) is 4.38. The maximum atomic E-state index is 12.7. The van der Waals surface area contributed by atoms with E-state index < -0.39 is 0 Å². The van der Waals surface area contributed by atoms with Gasteiger partial charge in [0.05, 0.1) is 0 Å². The van der Waals surface area contributed by atoms with E-state index in [0.717, 1.165) is 36.6 Å². The lowest BCUT2D eigenvalue weighted by atomic mass is 10.1. The molecule has 0 aliphatic carbocycles. The van der Waals surface area contributed by atoms with E-state index in [9.17, 15) is 4.79 Å². The van der Waals surface area contributed by atoms with Gasteiger partial charge in [-0.05, 0) is 47.5 Å². The van der Waals surface area contributed by atoms with Gasteiger partial charge >= 0.3 is 0 Å². The highest BCUT2D eigenvalue weighted by Crippen LogP contribution is 2.17. The smallest absolute Gasteiger partial charge is 0.255 e. The van der Waals surface area contributed by atoms with Crippen molar-refractivity contribution in [3.05, 3.63) is 95.6 Å². The summed E-state index contributed by atoms with van der Waals surface area (Å²) in [6.07, 6.45) is 0. The molecule has 30 heavy (non-hydrogen) atoms. The van der Waals surface area contributed by atoms with Crippen LogP contribution in [-0.2, 0) is 13.2 Å². The first-order valence-corrected chi connectivity index (χ1v) is 11.4. The molecule has 1 N–H and O–H groups in total. The molecule has 4 rings (SSSR count). The Morgan fingerprint density at radius 2 is 1.67 bits per heavy atom. The summed E-state index contributed by atoms with van der Waals surface area (Å²) in [6.45, 7) is 3.66. The third-order valence-corrected chi connectivity index (χ3v) is 6.00. The quantitative estimate of drug-likeness (QED) is 0.582. The number of carbonyl (C=O) groups is 1. The zero-order valence-corrected chi connectivity index (χ0v) is 17.7. The van der Waals surface area contributed by atoms with Crippen LogP contribution in [0.25, 0.3) is 0 Å². The van der Waals surface area contributed by atoms with E-state index in [0.29, 0.717) is 12.2 Å².